The van der Waals surface area contributed by atoms with Gasteiger partial charge in [0, 0.05) is 43.3 Å². The average Bonchev–Trinajstić information content (AvgIpc) is 3.32. The summed E-state index contributed by atoms with van der Waals surface area (Å²) in [7, 11) is -0.157. The zero-order valence-corrected chi connectivity index (χ0v) is 24.6. The van der Waals surface area contributed by atoms with Crippen LogP contribution in [0.4, 0.5) is 27.6 Å². The number of alkyl halides is 5. The molecule has 0 saturated carbocycles. The first-order chi connectivity index (χ1) is 19.5. The lowest BCUT2D eigenvalue weighted by Gasteiger charge is -2.20. The molecule has 3 aromatic carbocycles. The highest BCUT2D eigenvalue weighted by atomic mass is 35.5. The van der Waals surface area contributed by atoms with Crippen LogP contribution in [0.2, 0.25) is 5.02 Å². The van der Waals surface area contributed by atoms with E-state index in [9.17, 15) is 30.4 Å². The van der Waals surface area contributed by atoms with Gasteiger partial charge in [0.05, 0.1) is 35.4 Å². The first kappa shape index (κ1) is 31.6. The minimum Gasteiger partial charge on any atom is -0.493 e. The number of hydrogen-bond acceptors (Lipinski definition) is 6. The summed E-state index contributed by atoms with van der Waals surface area (Å²) in [6.07, 6.45) is -4.41. The third kappa shape index (κ3) is 7.01. The molecule has 228 valence electrons. The number of halogens is 6. The first-order valence-corrected chi connectivity index (χ1v) is 14.4. The van der Waals surface area contributed by atoms with E-state index in [2.05, 4.69) is 9.62 Å². The maximum Gasteiger partial charge on any atom is 0.416 e. The van der Waals surface area contributed by atoms with E-state index >= 15 is 0 Å². The minimum absolute atomic E-state index is 0.0302. The van der Waals surface area contributed by atoms with E-state index in [1.54, 1.807) is 0 Å². The zero-order valence-electron chi connectivity index (χ0n) is 23.0. The van der Waals surface area contributed by atoms with Crippen molar-refractivity contribution in [3.05, 3.63) is 64.7 Å². The summed E-state index contributed by atoms with van der Waals surface area (Å²) in [5.41, 5.74) is -3.02. The van der Waals surface area contributed by atoms with Crippen LogP contribution >= 0.6 is 11.6 Å². The maximum absolute atomic E-state index is 14.3. The van der Waals surface area contributed by atoms with Gasteiger partial charge in [-0.3, -0.25) is 4.72 Å². The van der Waals surface area contributed by atoms with Crippen LogP contribution in [0.1, 0.15) is 24.5 Å². The van der Waals surface area contributed by atoms with Crippen molar-refractivity contribution in [3.63, 3.8) is 0 Å². The summed E-state index contributed by atoms with van der Waals surface area (Å²) in [5.74, 6) is -3.51. The predicted octanol–water partition coefficient (Wildman–Crippen LogP) is 7.04. The average molecular weight is 635 g/mol. The molecule has 1 fully saturated rings. The molecular weight excluding hydrogens is 607 g/mol. The Morgan fingerprint density at radius 3 is 2.14 bits per heavy atom. The van der Waals surface area contributed by atoms with Gasteiger partial charge < -0.3 is 19.1 Å². The normalized spacial score (nSPS) is 16.4. The molecule has 0 aliphatic carbocycles. The topological polar surface area (TPSA) is 77.1 Å². The number of nitrogens with one attached hydrogen (secondary N) is 1. The molecule has 0 unspecified atom stereocenters. The second-order valence-corrected chi connectivity index (χ2v) is 12.0. The number of rotatable bonds is 9. The lowest BCUT2D eigenvalue weighted by atomic mass is 9.96. The Labute approximate surface area is 245 Å². The first-order valence-electron chi connectivity index (χ1n) is 12.6. The lowest BCUT2D eigenvalue weighted by Crippen LogP contribution is -2.21. The summed E-state index contributed by atoms with van der Waals surface area (Å²) in [5, 5.41) is 0.247. The molecule has 1 saturated heterocycles. The highest BCUT2D eigenvalue weighted by Crippen LogP contribution is 2.43. The van der Waals surface area contributed by atoms with Crippen molar-refractivity contribution < 1.29 is 44.6 Å². The van der Waals surface area contributed by atoms with Gasteiger partial charge >= 0.3 is 6.18 Å². The molecule has 0 aromatic heterocycles. The van der Waals surface area contributed by atoms with Gasteiger partial charge in [0.15, 0.2) is 11.5 Å². The summed E-state index contributed by atoms with van der Waals surface area (Å²) < 4.78 is 116. The van der Waals surface area contributed by atoms with Crippen molar-refractivity contribution in [2.24, 2.45) is 0 Å². The van der Waals surface area contributed by atoms with Gasteiger partial charge in [-0.25, -0.2) is 17.2 Å². The maximum atomic E-state index is 14.3. The van der Waals surface area contributed by atoms with Crippen molar-refractivity contribution in [1.82, 2.24) is 4.90 Å². The summed E-state index contributed by atoms with van der Waals surface area (Å²) in [6, 6.07) is 8.10. The Hall–Kier alpha value is -3.29. The largest absolute Gasteiger partial charge is 0.493 e. The molecule has 3 aromatic rings. The van der Waals surface area contributed by atoms with Gasteiger partial charge in [-0.05, 0) is 55.4 Å². The second kappa shape index (κ2) is 11.8. The summed E-state index contributed by atoms with van der Waals surface area (Å²) >= 11 is 6.28. The van der Waals surface area contributed by atoms with Crippen molar-refractivity contribution in [2.45, 2.75) is 36.4 Å². The number of ether oxygens (including phenoxy) is 3. The molecule has 7 nitrogen and oxygen atoms in total. The Morgan fingerprint density at radius 1 is 0.929 bits per heavy atom. The molecule has 1 heterocycles. The molecular formula is C28H28ClF5N2O5S. The highest BCUT2D eigenvalue weighted by molar-refractivity contribution is 7.92. The Kier molecular flexibility index (Phi) is 8.87. The molecule has 14 heteroatoms. The molecule has 4 rings (SSSR count). The smallest absolute Gasteiger partial charge is 0.416 e. The fourth-order valence-corrected chi connectivity index (χ4v) is 5.98. The number of methoxy groups -OCH3 is 2. The molecule has 0 amide bonds. The third-order valence-electron chi connectivity index (χ3n) is 6.68. The van der Waals surface area contributed by atoms with Crippen LogP contribution in [0.3, 0.4) is 0 Å². The second-order valence-electron chi connectivity index (χ2n) is 9.93. The van der Waals surface area contributed by atoms with Gasteiger partial charge in [0.25, 0.3) is 15.9 Å². The van der Waals surface area contributed by atoms with E-state index in [-0.39, 0.29) is 39.6 Å². The van der Waals surface area contributed by atoms with Crippen LogP contribution in [0.5, 0.6) is 17.2 Å². The standard InChI is InChI=1S/C28H28ClF5N2O5S/c1-27(30,31)17-9-16(10-18(11-17)28(32,33)34)21-13-24(39-3)25(40-4)14-26(21)42(37,38)35-19-5-6-22(29)23(12-19)41-20-7-8-36(2)15-20/h5-6,9-14,20,35H,7-8,15H2,1-4H3/t20-/m1/s1. The number of hydrogen-bond donors (Lipinski definition) is 1. The molecule has 1 atom stereocenters. The lowest BCUT2D eigenvalue weighted by molar-refractivity contribution is -0.137. The number of sulfonamides is 1. The SMILES string of the molecule is COc1cc(-c2cc(C(C)(F)F)cc(C(F)(F)F)c2)c(S(=O)(=O)Nc2ccc(Cl)c(O[C@@H]3CCN(C)C3)c2)cc1OC. The minimum atomic E-state index is -4.99. The Morgan fingerprint density at radius 2 is 1.57 bits per heavy atom. The molecule has 1 aliphatic heterocycles. The van der Waals surface area contributed by atoms with Crippen LogP contribution < -0.4 is 18.9 Å². The number of anilines is 1. The van der Waals surface area contributed by atoms with E-state index in [0.29, 0.717) is 25.6 Å². The Balaban J connectivity index is 1.84. The van der Waals surface area contributed by atoms with Crippen molar-refractivity contribution >= 4 is 27.3 Å². The van der Waals surface area contributed by atoms with Crippen LogP contribution in [-0.2, 0) is 22.1 Å². The van der Waals surface area contributed by atoms with Gasteiger partial charge in [-0.2, -0.15) is 13.2 Å². The monoisotopic (exact) mass is 634 g/mol. The number of benzene rings is 3. The van der Waals surface area contributed by atoms with Crippen LogP contribution in [0.15, 0.2) is 53.4 Å². The summed E-state index contributed by atoms with van der Waals surface area (Å²) in [4.78, 5) is 1.52. The Bertz CT molecular complexity index is 1550. The zero-order chi connectivity index (χ0) is 31.0. The summed E-state index contributed by atoms with van der Waals surface area (Å²) in [6.45, 7) is 1.92. The van der Waals surface area contributed by atoms with Crippen LogP contribution in [0, 0.1) is 0 Å². The van der Waals surface area contributed by atoms with Gasteiger partial charge in [0.1, 0.15) is 11.9 Å². The van der Waals surface area contributed by atoms with Gasteiger partial charge in [-0.1, -0.05) is 11.6 Å². The van der Waals surface area contributed by atoms with Gasteiger partial charge in [-0.15, -0.1) is 0 Å². The fraction of sp³-hybridized carbons (Fsp3) is 0.357. The predicted molar refractivity (Wildman–Crippen MR) is 148 cm³/mol. The van der Waals surface area contributed by atoms with E-state index in [1.165, 1.54) is 32.4 Å². The molecule has 42 heavy (non-hydrogen) atoms. The van der Waals surface area contributed by atoms with Gasteiger partial charge in [0.2, 0.25) is 0 Å². The van der Waals surface area contributed by atoms with E-state index in [0.717, 1.165) is 31.2 Å². The molecule has 0 bridgehead atoms. The number of likely N-dealkylation sites (N-methyl/N-ethyl adjacent to an activating group) is 1. The molecule has 1 N–H and O–H groups in total. The fourth-order valence-electron chi connectivity index (χ4n) is 4.55. The van der Waals surface area contributed by atoms with E-state index < -0.39 is 43.7 Å². The van der Waals surface area contributed by atoms with Crippen molar-refractivity contribution in [3.8, 4) is 28.4 Å². The molecule has 1 aliphatic rings. The van der Waals surface area contributed by atoms with E-state index in [4.69, 9.17) is 25.8 Å². The third-order valence-corrected chi connectivity index (χ3v) is 8.41. The van der Waals surface area contributed by atoms with Crippen molar-refractivity contribution in [1.29, 1.82) is 0 Å². The molecule has 0 radical (unpaired) electrons. The number of nitrogens with zero attached hydrogens (tertiary/aromatic N) is 1. The van der Waals surface area contributed by atoms with Crippen molar-refractivity contribution in [2.75, 3.05) is 39.1 Å². The molecule has 0 spiro atoms. The van der Waals surface area contributed by atoms with E-state index in [1.807, 2.05) is 7.05 Å². The number of likely N-dealkylation sites (tertiary alicyclic amines) is 1. The quantitative estimate of drug-likeness (QED) is 0.255. The van der Waals surface area contributed by atoms with Crippen LogP contribution in [0.25, 0.3) is 11.1 Å². The van der Waals surface area contributed by atoms with Crippen LogP contribution in [-0.4, -0.2) is 53.8 Å². The highest BCUT2D eigenvalue weighted by Gasteiger charge is 2.35.